The van der Waals surface area contributed by atoms with Crippen LogP contribution in [0, 0.1) is 24.0 Å². The molecule has 0 spiro atoms. The van der Waals surface area contributed by atoms with Gasteiger partial charge in [-0.3, -0.25) is 24.0 Å². The third-order valence-corrected chi connectivity index (χ3v) is 9.46. The van der Waals surface area contributed by atoms with Crippen molar-refractivity contribution in [2.45, 2.75) is 64.4 Å². The number of carbonyl (C=O) groups excluding carboxylic acids is 2. The summed E-state index contributed by atoms with van der Waals surface area (Å²) in [5.41, 5.74) is 1.51. The van der Waals surface area contributed by atoms with Gasteiger partial charge in [-0.2, -0.15) is 0 Å². The number of carbonyl (C=O) groups is 2. The maximum atomic E-state index is 14.3. The lowest BCUT2D eigenvalue weighted by atomic mass is 10.1. The van der Waals surface area contributed by atoms with Crippen molar-refractivity contribution in [3.05, 3.63) is 92.5 Å². The second-order valence-electron chi connectivity index (χ2n) is 10.6. The van der Waals surface area contributed by atoms with Crippen LogP contribution in [0.3, 0.4) is 0 Å². The Labute approximate surface area is 269 Å². The number of aryl methyl sites for hydroxylation is 2. The second-order valence-corrected chi connectivity index (χ2v) is 12.8. The molecule has 1 atom stereocenters. The maximum Gasteiger partial charge on any atom is 0.273 e. The summed E-state index contributed by atoms with van der Waals surface area (Å²) < 4.78 is 34.8. The first-order valence-corrected chi connectivity index (χ1v) is 16.4. The van der Waals surface area contributed by atoms with E-state index in [2.05, 4.69) is 5.32 Å². The van der Waals surface area contributed by atoms with Gasteiger partial charge in [-0.25, -0.2) is 8.42 Å². The van der Waals surface area contributed by atoms with Crippen molar-refractivity contribution in [2.75, 3.05) is 24.5 Å². The van der Waals surface area contributed by atoms with Gasteiger partial charge in [0.05, 0.1) is 22.6 Å². The average molecular weight is 659 g/mol. The Hall–Kier alpha value is -4.16. The van der Waals surface area contributed by atoms with Crippen molar-refractivity contribution in [3.8, 4) is 5.75 Å². The number of ether oxygens (including phenoxy) is 1. The highest BCUT2D eigenvalue weighted by Crippen LogP contribution is 2.36. The molecular weight excluding hydrogens is 620 g/mol. The highest BCUT2D eigenvalue weighted by Gasteiger charge is 2.35. The van der Waals surface area contributed by atoms with Gasteiger partial charge in [-0.1, -0.05) is 62.2 Å². The van der Waals surface area contributed by atoms with E-state index >= 15 is 0 Å². The molecule has 0 saturated heterocycles. The van der Waals surface area contributed by atoms with Gasteiger partial charge in [0.1, 0.15) is 18.3 Å². The fourth-order valence-electron chi connectivity index (χ4n) is 4.84. The summed E-state index contributed by atoms with van der Waals surface area (Å²) in [6.45, 7) is 6.90. The van der Waals surface area contributed by atoms with E-state index in [1.54, 1.807) is 6.92 Å². The van der Waals surface area contributed by atoms with Gasteiger partial charge in [0.25, 0.3) is 15.7 Å². The molecule has 0 heterocycles. The van der Waals surface area contributed by atoms with Crippen LogP contribution in [0.15, 0.2) is 65.6 Å². The van der Waals surface area contributed by atoms with E-state index in [1.807, 2.05) is 38.1 Å². The molecule has 1 unspecified atom stereocenters. The molecule has 3 aromatic rings. The molecule has 0 aliphatic heterocycles. The van der Waals surface area contributed by atoms with Crippen LogP contribution in [0.1, 0.15) is 49.8 Å². The number of sulfonamides is 1. The quantitative estimate of drug-likeness (QED) is 0.124. The summed E-state index contributed by atoms with van der Waals surface area (Å²) in [6, 6.07) is 14.4. The van der Waals surface area contributed by atoms with Crippen LogP contribution in [0.2, 0.25) is 5.02 Å². The molecule has 11 nitrogen and oxygen atoms in total. The monoisotopic (exact) mass is 658 g/mol. The molecule has 0 aromatic heterocycles. The number of halogens is 1. The molecule has 3 aromatic carbocycles. The van der Waals surface area contributed by atoms with Crippen LogP contribution in [0.25, 0.3) is 0 Å². The first kappa shape index (κ1) is 35.3. The van der Waals surface area contributed by atoms with Gasteiger partial charge in [-0.15, -0.1) is 0 Å². The summed E-state index contributed by atoms with van der Waals surface area (Å²) in [5.74, 6) is -0.910. The number of rotatable bonds is 15. The van der Waals surface area contributed by atoms with E-state index in [0.717, 1.165) is 34.3 Å². The number of nitrogens with zero attached hydrogens (tertiary/aromatic N) is 3. The van der Waals surface area contributed by atoms with E-state index in [-0.39, 0.29) is 40.9 Å². The summed E-state index contributed by atoms with van der Waals surface area (Å²) >= 11 is 6.29. The molecule has 0 aliphatic carbocycles. The van der Waals surface area contributed by atoms with E-state index in [0.29, 0.717) is 6.54 Å². The summed E-state index contributed by atoms with van der Waals surface area (Å²) in [7, 11) is -3.27. The maximum absolute atomic E-state index is 14.3. The lowest BCUT2D eigenvalue weighted by Crippen LogP contribution is -2.52. The number of amides is 2. The fraction of sp³-hybridized carbons (Fsp3) is 0.375. The molecule has 13 heteroatoms. The molecule has 242 valence electrons. The van der Waals surface area contributed by atoms with Crippen molar-refractivity contribution < 1.29 is 27.7 Å². The largest absolute Gasteiger partial charge is 0.495 e. The predicted molar refractivity (Wildman–Crippen MR) is 174 cm³/mol. The zero-order valence-electron chi connectivity index (χ0n) is 26.1. The SMILES string of the molecule is CCCCNC(=O)C(CC)N(Cc1ccccc1C)C(=O)CN(c1cc(Cl)ccc1OC)S(=O)(=O)c1ccc(C)c([N+](=O)[O-])c1. The van der Waals surface area contributed by atoms with Gasteiger partial charge in [0.15, 0.2) is 0 Å². The number of benzene rings is 3. The summed E-state index contributed by atoms with van der Waals surface area (Å²) in [6.07, 6.45) is 1.90. The number of hydrogen-bond acceptors (Lipinski definition) is 7. The Morgan fingerprint density at radius 1 is 1.04 bits per heavy atom. The number of hydrogen-bond donors (Lipinski definition) is 1. The Balaban J connectivity index is 2.18. The molecule has 45 heavy (non-hydrogen) atoms. The predicted octanol–water partition coefficient (Wildman–Crippen LogP) is 5.79. The first-order valence-electron chi connectivity index (χ1n) is 14.6. The van der Waals surface area contributed by atoms with Crippen molar-refractivity contribution in [3.63, 3.8) is 0 Å². The van der Waals surface area contributed by atoms with Gasteiger partial charge in [-0.05, 0) is 62.1 Å². The molecule has 2 amide bonds. The number of nitrogens with one attached hydrogen (secondary N) is 1. The lowest BCUT2D eigenvalue weighted by Gasteiger charge is -2.34. The molecule has 0 fully saturated rings. The Morgan fingerprint density at radius 2 is 1.76 bits per heavy atom. The number of methoxy groups -OCH3 is 1. The van der Waals surface area contributed by atoms with E-state index < -0.39 is 44.0 Å². The van der Waals surface area contributed by atoms with Crippen LogP contribution >= 0.6 is 11.6 Å². The van der Waals surface area contributed by atoms with Gasteiger partial charge in [0, 0.05) is 29.7 Å². The minimum absolute atomic E-state index is 0.0434. The molecule has 0 bridgehead atoms. The van der Waals surface area contributed by atoms with Crippen LogP contribution in [0.5, 0.6) is 5.75 Å². The molecule has 3 rings (SSSR count). The van der Waals surface area contributed by atoms with Crippen LogP contribution in [-0.4, -0.2) is 56.3 Å². The minimum Gasteiger partial charge on any atom is -0.495 e. The highest BCUT2D eigenvalue weighted by molar-refractivity contribution is 7.92. The lowest BCUT2D eigenvalue weighted by molar-refractivity contribution is -0.385. The zero-order valence-corrected chi connectivity index (χ0v) is 27.7. The first-order chi connectivity index (χ1) is 21.3. The molecule has 0 aliphatic rings. The van der Waals surface area contributed by atoms with Crippen LogP contribution < -0.4 is 14.4 Å². The van der Waals surface area contributed by atoms with E-state index in [1.165, 1.54) is 49.3 Å². The smallest absolute Gasteiger partial charge is 0.273 e. The molecular formula is C32H39ClN4O7S. The second kappa shape index (κ2) is 15.7. The van der Waals surface area contributed by atoms with E-state index in [4.69, 9.17) is 16.3 Å². The number of unbranched alkanes of at least 4 members (excludes halogenated alkanes) is 1. The third-order valence-electron chi connectivity index (χ3n) is 7.47. The van der Waals surface area contributed by atoms with Crippen molar-refractivity contribution in [1.82, 2.24) is 10.2 Å². The molecule has 0 radical (unpaired) electrons. The summed E-state index contributed by atoms with van der Waals surface area (Å²) in [4.78, 5) is 39.7. The van der Waals surface area contributed by atoms with Gasteiger partial charge in [0.2, 0.25) is 11.8 Å². The Morgan fingerprint density at radius 3 is 2.38 bits per heavy atom. The number of nitro benzene ring substituents is 1. The number of anilines is 1. The topological polar surface area (TPSA) is 139 Å². The Bertz CT molecular complexity index is 1650. The number of nitro groups is 1. The molecule has 1 N–H and O–H groups in total. The van der Waals surface area contributed by atoms with Crippen LogP contribution in [-0.2, 0) is 26.2 Å². The van der Waals surface area contributed by atoms with Crippen molar-refractivity contribution in [1.29, 1.82) is 0 Å². The fourth-order valence-corrected chi connectivity index (χ4v) is 6.45. The Kier molecular flexibility index (Phi) is 12.3. The normalized spacial score (nSPS) is 11.9. The van der Waals surface area contributed by atoms with Crippen molar-refractivity contribution in [2.24, 2.45) is 0 Å². The molecule has 0 saturated carbocycles. The highest BCUT2D eigenvalue weighted by atomic mass is 35.5. The zero-order chi connectivity index (χ0) is 33.3. The average Bonchev–Trinajstić information content (AvgIpc) is 3.00. The van der Waals surface area contributed by atoms with Crippen molar-refractivity contribution >= 4 is 44.8 Å². The van der Waals surface area contributed by atoms with Gasteiger partial charge < -0.3 is 15.0 Å². The van der Waals surface area contributed by atoms with Crippen LogP contribution in [0.4, 0.5) is 11.4 Å². The summed E-state index contributed by atoms with van der Waals surface area (Å²) in [5, 5.41) is 14.7. The third kappa shape index (κ3) is 8.52. The van der Waals surface area contributed by atoms with Gasteiger partial charge >= 0.3 is 0 Å². The van der Waals surface area contributed by atoms with E-state index in [9.17, 15) is 28.1 Å². The minimum atomic E-state index is -4.61. The standard InChI is InChI=1S/C32H39ClN4O7S/c1-6-8-17-34-32(39)27(7-2)35(20-24-12-10-9-11-22(24)3)31(38)21-36(29-18-25(33)14-16-30(29)44-5)45(42,43)26-15-13-23(4)28(19-26)37(40)41/h9-16,18-19,27H,6-8,17,20-21H2,1-5H3,(H,34,39).